The third-order valence-electron chi connectivity index (χ3n) is 2.24. The molecule has 2 N–H and O–H groups in total. The van der Waals surface area contributed by atoms with Crippen molar-refractivity contribution in [1.82, 2.24) is 4.98 Å². The normalized spacial score (nSPS) is 13.8. The van der Waals surface area contributed by atoms with E-state index in [-0.39, 0.29) is 12.0 Å². The summed E-state index contributed by atoms with van der Waals surface area (Å²) in [6.07, 6.45) is 1.20. The number of rotatable bonds is 4. The van der Waals surface area contributed by atoms with Crippen LogP contribution in [0.5, 0.6) is 0 Å². The van der Waals surface area contributed by atoms with Gasteiger partial charge < -0.3 is 10.2 Å². The van der Waals surface area contributed by atoms with E-state index in [0.29, 0.717) is 5.75 Å². The summed E-state index contributed by atoms with van der Waals surface area (Å²) >= 11 is 1.45. The molecule has 0 bridgehead atoms. The van der Waals surface area contributed by atoms with Crippen molar-refractivity contribution in [2.45, 2.75) is 37.3 Å². The number of aliphatic hydroxyl groups excluding tert-OH is 2. The Morgan fingerprint density at radius 2 is 2.06 bits per heavy atom. The lowest BCUT2D eigenvalue weighted by Gasteiger charge is -2.18. The summed E-state index contributed by atoms with van der Waals surface area (Å²) in [6, 6.07) is 4.01. The standard InChI is InChI=1S/C12H19NO2S/c1-12(2,3)9-4-5-11(13-6-9)16-8-10(15)7-14/h4-6,10,14-15H,7-8H2,1-3H3. The molecule has 0 radical (unpaired) electrons. The van der Waals surface area contributed by atoms with E-state index in [2.05, 4.69) is 31.8 Å². The highest BCUT2D eigenvalue weighted by molar-refractivity contribution is 7.99. The lowest BCUT2D eigenvalue weighted by Crippen LogP contribution is -2.15. The van der Waals surface area contributed by atoms with Crippen LogP contribution in [0.1, 0.15) is 26.3 Å². The Labute approximate surface area is 101 Å². The molecule has 0 fully saturated rings. The summed E-state index contributed by atoms with van der Waals surface area (Å²) in [4.78, 5) is 4.32. The van der Waals surface area contributed by atoms with Crippen molar-refractivity contribution in [1.29, 1.82) is 0 Å². The van der Waals surface area contributed by atoms with Crippen LogP contribution in [0.25, 0.3) is 0 Å². The fourth-order valence-electron chi connectivity index (χ4n) is 1.14. The Morgan fingerprint density at radius 3 is 2.50 bits per heavy atom. The van der Waals surface area contributed by atoms with Gasteiger partial charge in [0.05, 0.1) is 17.7 Å². The van der Waals surface area contributed by atoms with Crippen molar-refractivity contribution in [3.63, 3.8) is 0 Å². The second-order valence-electron chi connectivity index (χ2n) is 4.78. The van der Waals surface area contributed by atoms with Crippen molar-refractivity contribution in [3.05, 3.63) is 23.9 Å². The molecule has 1 rings (SSSR count). The number of nitrogens with zero attached hydrogens (tertiary/aromatic N) is 1. The first kappa shape index (κ1) is 13.5. The Morgan fingerprint density at radius 1 is 1.38 bits per heavy atom. The van der Waals surface area contributed by atoms with E-state index in [0.717, 1.165) is 5.03 Å². The second kappa shape index (κ2) is 5.66. The molecule has 16 heavy (non-hydrogen) atoms. The molecule has 90 valence electrons. The van der Waals surface area contributed by atoms with Crippen LogP contribution in [0.3, 0.4) is 0 Å². The Balaban J connectivity index is 2.58. The van der Waals surface area contributed by atoms with Crippen LogP contribution in [0.4, 0.5) is 0 Å². The third-order valence-corrected chi connectivity index (χ3v) is 3.33. The molecular formula is C12H19NO2S. The van der Waals surface area contributed by atoms with Gasteiger partial charge in [-0.2, -0.15) is 0 Å². The molecule has 1 atom stereocenters. The maximum absolute atomic E-state index is 9.20. The van der Waals surface area contributed by atoms with Crippen LogP contribution in [-0.4, -0.2) is 33.7 Å². The first-order chi connectivity index (χ1) is 7.43. The number of hydrogen-bond acceptors (Lipinski definition) is 4. The van der Waals surface area contributed by atoms with Gasteiger partial charge in [0.25, 0.3) is 0 Å². The van der Waals surface area contributed by atoms with Gasteiger partial charge in [0, 0.05) is 11.9 Å². The van der Waals surface area contributed by atoms with E-state index in [4.69, 9.17) is 5.11 Å². The molecule has 0 amide bonds. The van der Waals surface area contributed by atoms with Crippen molar-refractivity contribution in [2.75, 3.05) is 12.4 Å². The molecule has 1 aromatic heterocycles. The Kier molecular flexibility index (Phi) is 4.77. The van der Waals surface area contributed by atoms with E-state index < -0.39 is 6.10 Å². The number of hydrogen-bond donors (Lipinski definition) is 2. The SMILES string of the molecule is CC(C)(C)c1ccc(SCC(O)CO)nc1. The summed E-state index contributed by atoms with van der Waals surface area (Å²) in [5.41, 5.74) is 1.31. The third kappa shape index (κ3) is 4.12. The van der Waals surface area contributed by atoms with Gasteiger partial charge in [0.15, 0.2) is 0 Å². The van der Waals surface area contributed by atoms with Gasteiger partial charge in [-0.15, -0.1) is 11.8 Å². The van der Waals surface area contributed by atoms with Crippen molar-refractivity contribution in [2.24, 2.45) is 0 Å². The molecule has 0 spiro atoms. The molecule has 0 aromatic carbocycles. The van der Waals surface area contributed by atoms with Crippen LogP contribution in [0, 0.1) is 0 Å². The zero-order chi connectivity index (χ0) is 12.2. The van der Waals surface area contributed by atoms with Crippen LogP contribution in [0.2, 0.25) is 0 Å². The molecule has 0 aliphatic carbocycles. The topological polar surface area (TPSA) is 53.4 Å². The largest absolute Gasteiger partial charge is 0.394 e. The van der Waals surface area contributed by atoms with Crippen molar-refractivity contribution in [3.8, 4) is 0 Å². The minimum absolute atomic E-state index is 0.112. The summed E-state index contributed by atoms with van der Waals surface area (Å²) < 4.78 is 0. The molecule has 0 saturated carbocycles. The highest BCUT2D eigenvalue weighted by Crippen LogP contribution is 2.23. The van der Waals surface area contributed by atoms with E-state index in [1.165, 1.54) is 17.3 Å². The molecule has 3 nitrogen and oxygen atoms in total. The number of aliphatic hydroxyl groups is 2. The molecule has 1 unspecified atom stereocenters. The van der Waals surface area contributed by atoms with Gasteiger partial charge in [-0.25, -0.2) is 4.98 Å². The van der Waals surface area contributed by atoms with Gasteiger partial charge in [-0.3, -0.25) is 0 Å². The highest BCUT2D eigenvalue weighted by Gasteiger charge is 2.13. The Hall–Kier alpha value is -0.580. The molecule has 4 heteroatoms. The minimum Gasteiger partial charge on any atom is -0.394 e. The number of thioether (sulfide) groups is 1. The van der Waals surface area contributed by atoms with E-state index in [1.807, 2.05) is 12.3 Å². The summed E-state index contributed by atoms with van der Waals surface area (Å²) in [5, 5.41) is 18.8. The van der Waals surface area contributed by atoms with Crippen LogP contribution < -0.4 is 0 Å². The van der Waals surface area contributed by atoms with Gasteiger partial charge in [-0.05, 0) is 17.0 Å². The van der Waals surface area contributed by atoms with Gasteiger partial charge >= 0.3 is 0 Å². The lowest BCUT2D eigenvalue weighted by molar-refractivity contribution is 0.113. The molecule has 1 aromatic rings. The lowest BCUT2D eigenvalue weighted by atomic mass is 9.88. The Bertz CT molecular complexity index is 319. The predicted octanol–water partition coefficient (Wildman–Crippen LogP) is 1.82. The van der Waals surface area contributed by atoms with Crippen LogP contribution in [-0.2, 0) is 5.41 Å². The number of aromatic nitrogens is 1. The minimum atomic E-state index is -0.672. The zero-order valence-electron chi connectivity index (χ0n) is 9.97. The molecule has 0 saturated heterocycles. The number of pyridine rings is 1. The molecular weight excluding hydrogens is 222 g/mol. The molecule has 1 heterocycles. The smallest absolute Gasteiger partial charge is 0.0960 e. The first-order valence-corrected chi connectivity index (χ1v) is 6.30. The van der Waals surface area contributed by atoms with E-state index in [9.17, 15) is 5.11 Å². The van der Waals surface area contributed by atoms with Crippen molar-refractivity contribution < 1.29 is 10.2 Å². The summed E-state index contributed by atoms with van der Waals surface area (Å²) in [6.45, 7) is 6.23. The highest BCUT2D eigenvalue weighted by atomic mass is 32.2. The fraction of sp³-hybridized carbons (Fsp3) is 0.583. The molecule has 0 aliphatic rings. The van der Waals surface area contributed by atoms with Crippen molar-refractivity contribution >= 4 is 11.8 Å². The zero-order valence-corrected chi connectivity index (χ0v) is 10.8. The summed E-state index contributed by atoms with van der Waals surface area (Å²) in [7, 11) is 0. The quantitative estimate of drug-likeness (QED) is 0.790. The van der Waals surface area contributed by atoms with Gasteiger partial charge in [0.1, 0.15) is 0 Å². The van der Waals surface area contributed by atoms with E-state index >= 15 is 0 Å². The maximum Gasteiger partial charge on any atom is 0.0960 e. The van der Waals surface area contributed by atoms with Crippen LogP contribution in [0.15, 0.2) is 23.4 Å². The van der Waals surface area contributed by atoms with E-state index in [1.54, 1.807) is 0 Å². The van der Waals surface area contributed by atoms with Gasteiger partial charge in [-0.1, -0.05) is 26.8 Å². The second-order valence-corrected chi connectivity index (χ2v) is 5.82. The first-order valence-electron chi connectivity index (χ1n) is 5.31. The average Bonchev–Trinajstić information content (AvgIpc) is 2.25. The maximum atomic E-state index is 9.20. The average molecular weight is 241 g/mol. The fourth-order valence-corrected chi connectivity index (χ4v) is 1.90. The predicted molar refractivity (Wildman–Crippen MR) is 66.8 cm³/mol. The monoisotopic (exact) mass is 241 g/mol. The molecule has 0 aliphatic heterocycles. The van der Waals surface area contributed by atoms with Crippen LogP contribution >= 0.6 is 11.8 Å². The van der Waals surface area contributed by atoms with Gasteiger partial charge in [0.2, 0.25) is 0 Å². The summed E-state index contributed by atoms with van der Waals surface area (Å²) in [5.74, 6) is 0.471.